The Hall–Kier alpha value is -2.26. The lowest BCUT2D eigenvalue weighted by Crippen LogP contribution is -2.42. The minimum atomic E-state index is -3.65. The number of hydrogen-bond donors (Lipinski definition) is 1. The van der Waals surface area contributed by atoms with Crippen LogP contribution in [0.5, 0.6) is 0 Å². The molecular weight excluding hydrogens is 396 g/mol. The quantitative estimate of drug-likeness (QED) is 0.708. The van der Waals surface area contributed by atoms with E-state index >= 15 is 0 Å². The number of primary amides is 1. The molecule has 1 fully saturated rings. The van der Waals surface area contributed by atoms with Crippen LogP contribution in [-0.4, -0.2) is 38.3 Å². The second-order valence-electron chi connectivity index (χ2n) is 6.74. The van der Waals surface area contributed by atoms with Crippen LogP contribution < -0.4 is 5.73 Å². The monoisotopic (exact) mass is 416 g/mol. The van der Waals surface area contributed by atoms with Crippen molar-refractivity contribution >= 4 is 37.4 Å². The van der Waals surface area contributed by atoms with Crippen molar-refractivity contribution in [3.63, 3.8) is 0 Å². The lowest BCUT2D eigenvalue weighted by molar-refractivity contribution is -0.00188. The summed E-state index contributed by atoms with van der Waals surface area (Å²) < 4.78 is 34.5. The third-order valence-corrected chi connectivity index (χ3v) is 7.90. The number of morpholine rings is 1. The smallest absolute Gasteiger partial charge is 0.259 e. The second kappa shape index (κ2) is 7.29. The van der Waals surface area contributed by atoms with E-state index in [9.17, 15) is 13.2 Å². The van der Waals surface area contributed by atoms with Crippen molar-refractivity contribution in [2.75, 3.05) is 19.7 Å². The van der Waals surface area contributed by atoms with Gasteiger partial charge in [0.15, 0.2) is 0 Å². The number of carbonyl (C=O) groups is 1. The highest BCUT2D eigenvalue weighted by Crippen LogP contribution is 2.38. The number of nitrogens with zero attached hydrogens (tertiary/aromatic N) is 1. The van der Waals surface area contributed by atoms with E-state index in [0.717, 1.165) is 15.6 Å². The van der Waals surface area contributed by atoms with E-state index in [4.69, 9.17) is 10.5 Å². The predicted molar refractivity (Wildman–Crippen MR) is 109 cm³/mol. The standard InChI is InChI=1S/C20H20N2O4S2/c1-13-5-4-6-14(11-13)28(24,25)22-9-10-26-16(12-22)18-15-7-2-3-8-17(15)27-19(18)20(21)23/h2-8,11,16H,9-10,12H2,1H3,(H2,21,23). The van der Waals surface area contributed by atoms with Gasteiger partial charge in [-0.05, 0) is 36.1 Å². The first-order valence-corrected chi connectivity index (χ1v) is 11.1. The zero-order valence-electron chi connectivity index (χ0n) is 15.3. The number of amides is 1. The Labute approximate surface area is 167 Å². The van der Waals surface area contributed by atoms with E-state index in [1.807, 2.05) is 37.3 Å². The van der Waals surface area contributed by atoms with Crippen molar-refractivity contribution in [1.82, 2.24) is 4.31 Å². The van der Waals surface area contributed by atoms with Gasteiger partial charge in [0.1, 0.15) is 0 Å². The van der Waals surface area contributed by atoms with Crippen molar-refractivity contribution in [2.45, 2.75) is 17.9 Å². The predicted octanol–water partition coefficient (Wildman–Crippen LogP) is 3.07. The zero-order chi connectivity index (χ0) is 19.9. The normalized spacial score (nSPS) is 18.4. The van der Waals surface area contributed by atoms with Crippen molar-refractivity contribution in [2.24, 2.45) is 5.73 Å². The van der Waals surface area contributed by atoms with Gasteiger partial charge in [-0.15, -0.1) is 11.3 Å². The van der Waals surface area contributed by atoms with Gasteiger partial charge in [0.2, 0.25) is 10.0 Å². The number of nitrogens with two attached hydrogens (primary N) is 1. The minimum absolute atomic E-state index is 0.136. The van der Waals surface area contributed by atoms with E-state index in [2.05, 4.69) is 0 Å². The van der Waals surface area contributed by atoms with Gasteiger partial charge in [-0.25, -0.2) is 8.42 Å². The molecule has 0 aliphatic carbocycles. The fourth-order valence-corrected chi connectivity index (χ4v) is 6.15. The molecule has 1 aromatic heterocycles. The molecule has 1 aliphatic rings. The van der Waals surface area contributed by atoms with Gasteiger partial charge in [-0.3, -0.25) is 4.79 Å². The van der Waals surface area contributed by atoms with Gasteiger partial charge in [0.25, 0.3) is 5.91 Å². The molecule has 2 heterocycles. The van der Waals surface area contributed by atoms with Gasteiger partial charge in [-0.1, -0.05) is 30.3 Å². The highest BCUT2D eigenvalue weighted by molar-refractivity contribution is 7.89. The van der Waals surface area contributed by atoms with Crippen LogP contribution in [0.2, 0.25) is 0 Å². The number of rotatable bonds is 4. The SMILES string of the molecule is Cc1cccc(S(=O)(=O)N2CCOC(c3c(C(N)=O)sc4ccccc34)C2)c1. The molecule has 1 amide bonds. The molecule has 0 saturated carbocycles. The molecule has 28 heavy (non-hydrogen) atoms. The summed E-state index contributed by atoms with van der Waals surface area (Å²) in [6.07, 6.45) is -0.549. The summed E-state index contributed by atoms with van der Waals surface area (Å²) in [5.74, 6) is -0.529. The molecule has 2 aromatic carbocycles. The number of fused-ring (bicyclic) bond motifs is 1. The van der Waals surface area contributed by atoms with Crippen molar-refractivity contribution in [3.05, 3.63) is 64.5 Å². The molecule has 146 valence electrons. The molecule has 4 rings (SSSR count). The Bertz CT molecular complexity index is 1150. The molecule has 1 saturated heterocycles. The first-order valence-electron chi connectivity index (χ1n) is 8.87. The van der Waals surface area contributed by atoms with Gasteiger partial charge < -0.3 is 10.5 Å². The molecule has 0 bridgehead atoms. The highest BCUT2D eigenvalue weighted by Gasteiger charge is 2.34. The lowest BCUT2D eigenvalue weighted by Gasteiger charge is -2.32. The van der Waals surface area contributed by atoms with E-state index < -0.39 is 22.0 Å². The van der Waals surface area contributed by atoms with Crippen molar-refractivity contribution in [3.8, 4) is 0 Å². The Kier molecular flexibility index (Phi) is 4.96. The Morgan fingerprint density at radius 1 is 1.21 bits per heavy atom. The topological polar surface area (TPSA) is 89.7 Å². The van der Waals surface area contributed by atoms with Gasteiger partial charge in [-0.2, -0.15) is 4.31 Å². The molecule has 1 atom stereocenters. The van der Waals surface area contributed by atoms with Crippen LogP contribution >= 0.6 is 11.3 Å². The molecule has 6 nitrogen and oxygen atoms in total. The zero-order valence-corrected chi connectivity index (χ0v) is 16.9. The van der Waals surface area contributed by atoms with E-state index in [-0.39, 0.29) is 24.6 Å². The summed E-state index contributed by atoms with van der Waals surface area (Å²) in [6, 6.07) is 14.5. The second-order valence-corrected chi connectivity index (χ2v) is 9.73. The van der Waals surface area contributed by atoms with Crippen LogP contribution in [0.15, 0.2) is 53.4 Å². The maximum Gasteiger partial charge on any atom is 0.259 e. The van der Waals surface area contributed by atoms with Crippen LogP contribution in [0.1, 0.15) is 26.9 Å². The molecule has 1 unspecified atom stereocenters. The number of carbonyl (C=O) groups excluding carboxylic acids is 1. The maximum atomic E-state index is 13.1. The van der Waals surface area contributed by atoms with Crippen LogP contribution in [0, 0.1) is 6.92 Å². The van der Waals surface area contributed by atoms with Gasteiger partial charge in [0.05, 0.1) is 22.5 Å². The molecule has 8 heteroatoms. The summed E-state index contributed by atoms with van der Waals surface area (Å²) in [4.78, 5) is 12.7. The summed E-state index contributed by atoms with van der Waals surface area (Å²) in [5, 5.41) is 0.876. The Balaban J connectivity index is 1.73. The lowest BCUT2D eigenvalue weighted by atomic mass is 10.0. The molecule has 0 spiro atoms. The Morgan fingerprint density at radius 2 is 2.00 bits per heavy atom. The summed E-state index contributed by atoms with van der Waals surface area (Å²) in [6.45, 7) is 2.51. The maximum absolute atomic E-state index is 13.1. The van der Waals surface area contributed by atoms with E-state index in [0.29, 0.717) is 10.4 Å². The fourth-order valence-electron chi connectivity index (χ4n) is 3.51. The number of aryl methyl sites for hydroxylation is 1. The average molecular weight is 417 g/mol. The third-order valence-electron chi connectivity index (χ3n) is 4.84. The van der Waals surface area contributed by atoms with Crippen molar-refractivity contribution < 1.29 is 17.9 Å². The number of benzene rings is 2. The fraction of sp³-hybridized carbons (Fsp3) is 0.250. The van der Waals surface area contributed by atoms with Crippen LogP contribution in [0.4, 0.5) is 0 Å². The van der Waals surface area contributed by atoms with Gasteiger partial charge >= 0.3 is 0 Å². The third kappa shape index (κ3) is 3.33. The average Bonchev–Trinajstić information content (AvgIpc) is 3.08. The molecule has 1 aliphatic heterocycles. The number of ether oxygens (including phenoxy) is 1. The van der Waals surface area contributed by atoms with E-state index in [1.165, 1.54) is 15.6 Å². The number of hydrogen-bond acceptors (Lipinski definition) is 5. The van der Waals surface area contributed by atoms with Crippen molar-refractivity contribution in [1.29, 1.82) is 0 Å². The number of thiophene rings is 1. The Morgan fingerprint density at radius 3 is 2.75 bits per heavy atom. The number of sulfonamides is 1. The van der Waals surface area contributed by atoms with E-state index in [1.54, 1.807) is 18.2 Å². The first-order chi connectivity index (χ1) is 13.4. The molecular formula is C20H20N2O4S2. The summed E-state index contributed by atoms with van der Waals surface area (Å²) in [5.41, 5.74) is 7.16. The largest absolute Gasteiger partial charge is 0.371 e. The molecule has 2 N–H and O–H groups in total. The van der Waals surface area contributed by atoms with Crippen LogP contribution in [-0.2, 0) is 14.8 Å². The molecule has 0 radical (unpaired) electrons. The molecule has 3 aromatic rings. The van der Waals surface area contributed by atoms with Crippen LogP contribution in [0.3, 0.4) is 0 Å². The minimum Gasteiger partial charge on any atom is -0.371 e. The summed E-state index contributed by atoms with van der Waals surface area (Å²) in [7, 11) is -3.65. The summed E-state index contributed by atoms with van der Waals surface area (Å²) >= 11 is 1.31. The first kappa shape index (κ1) is 19.1. The van der Waals surface area contributed by atoms with Gasteiger partial charge in [0, 0.05) is 23.4 Å². The van der Waals surface area contributed by atoms with Crippen LogP contribution in [0.25, 0.3) is 10.1 Å². The highest BCUT2D eigenvalue weighted by atomic mass is 32.2.